The third kappa shape index (κ3) is 12.0. The number of hydrogen-bond acceptors (Lipinski definition) is 5. The van der Waals surface area contributed by atoms with Crippen molar-refractivity contribution in [2.45, 2.75) is 19.4 Å². The molecule has 0 unspecified atom stereocenters. The first-order chi connectivity index (χ1) is 7.77. The summed E-state index contributed by atoms with van der Waals surface area (Å²) in [7, 11) is -1.55. The Balaban J connectivity index is 3.59. The van der Waals surface area contributed by atoms with Crippen molar-refractivity contribution in [2.75, 3.05) is 46.3 Å². The summed E-state index contributed by atoms with van der Waals surface area (Å²) in [6.45, 7) is 6.62. The molecule has 0 saturated carbocycles. The van der Waals surface area contributed by atoms with Gasteiger partial charge in [0.25, 0.3) is 0 Å². The molecule has 6 nitrogen and oxygen atoms in total. The van der Waals surface area contributed by atoms with Crippen molar-refractivity contribution in [3.05, 3.63) is 0 Å². The zero-order chi connectivity index (χ0) is 13.4. The first-order valence-corrected chi connectivity index (χ1v) is 7.42. The maximum absolute atomic E-state index is 11.1. The van der Waals surface area contributed by atoms with Gasteiger partial charge in [-0.05, 0) is 13.8 Å². The number of hydrogen-bond donors (Lipinski definition) is 2. The van der Waals surface area contributed by atoms with Crippen LogP contribution in [0, 0.1) is 0 Å². The van der Waals surface area contributed by atoms with Crippen LogP contribution in [0.25, 0.3) is 0 Å². The number of rotatable bonds is 10. The summed E-state index contributed by atoms with van der Waals surface area (Å²) in [6, 6.07) is 0. The molecular formula is C10H24N2O4S. The molecule has 0 atom stereocenters. The van der Waals surface area contributed by atoms with Crippen LogP contribution >= 0.6 is 0 Å². The van der Waals surface area contributed by atoms with E-state index in [4.69, 9.17) is 9.47 Å². The number of sulfonamides is 1. The van der Waals surface area contributed by atoms with E-state index in [9.17, 15) is 8.42 Å². The van der Waals surface area contributed by atoms with Crippen molar-refractivity contribution in [3.63, 3.8) is 0 Å². The van der Waals surface area contributed by atoms with Gasteiger partial charge in [-0.1, -0.05) is 0 Å². The summed E-state index contributed by atoms with van der Waals surface area (Å²) < 4.78 is 34.8. The molecular weight excluding hydrogens is 244 g/mol. The SMILES string of the molecule is COCCOCCNCC(C)(C)NS(C)(=O)=O. The Morgan fingerprint density at radius 3 is 2.35 bits per heavy atom. The lowest BCUT2D eigenvalue weighted by Crippen LogP contribution is -2.50. The lowest BCUT2D eigenvalue weighted by Gasteiger charge is -2.25. The predicted octanol–water partition coefficient (Wildman–Crippen LogP) is -0.433. The molecule has 2 N–H and O–H groups in total. The van der Waals surface area contributed by atoms with Crippen LogP contribution in [0.4, 0.5) is 0 Å². The second kappa shape index (κ2) is 7.99. The van der Waals surface area contributed by atoms with Crippen molar-refractivity contribution < 1.29 is 17.9 Å². The third-order valence-electron chi connectivity index (χ3n) is 1.88. The van der Waals surface area contributed by atoms with E-state index < -0.39 is 15.6 Å². The second-order valence-electron chi connectivity index (χ2n) is 4.54. The van der Waals surface area contributed by atoms with E-state index in [1.807, 2.05) is 13.8 Å². The summed E-state index contributed by atoms with van der Waals surface area (Å²) in [5.41, 5.74) is -0.500. The Hall–Kier alpha value is -0.210. The van der Waals surface area contributed by atoms with Crippen LogP contribution in [0.5, 0.6) is 0 Å². The molecule has 0 aromatic heterocycles. The summed E-state index contributed by atoms with van der Waals surface area (Å²) in [5.74, 6) is 0. The quantitative estimate of drug-likeness (QED) is 0.526. The zero-order valence-corrected chi connectivity index (χ0v) is 11.9. The van der Waals surface area contributed by atoms with E-state index in [1.54, 1.807) is 7.11 Å². The topological polar surface area (TPSA) is 76.7 Å². The van der Waals surface area contributed by atoms with E-state index >= 15 is 0 Å². The van der Waals surface area contributed by atoms with E-state index in [0.29, 0.717) is 32.9 Å². The lowest BCUT2D eigenvalue weighted by molar-refractivity contribution is 0.0716. The van der Waals surface area contributed by atoms with Crippen molar-refractivity contribution in [2.24, 2.45) is 0 Å². The highest BCUT2D eigenvalue weighted by molar-refractivity contribution is 7.88. The van der Waals surface area contributed by atoms with E-state index in [0.717, 1.165) is 6.26 Å². The molecule has 0 heterocycles. The fourth-order valence-corrected chi connectivity index (χ4v) is 2.40. The van der Waals surface area contributed by atoms with Gasteiger partial charge in [0.05, 0.1) is 26.1 Å². The first kappa shape index (κ1) is 16.8. The van der Waals surface area contributed by atoms with Crippen LogP contribution in [-0.4, -0.2) is 60.2 Å². The lowest BCUT2D eigenvalue weighted by atomic mass is 10.1. The molecule has 0 aliphatic heterocycles. The largest absolute Gasteiger partial charge is 0.382 e. The maximum atomic E-state index is 11.1. The molecule has 0 aromatic rings. The van der Waals surface area contributed by atoms with Crippen LogP contribution in [-0.2, 0) is 19.5 Å². The Kier molecular flexibility index (Phi) is 7.89. The highest BCUT2D eigenvalue weighted by atomic mass is 32.2. The number of nitrogens with one attached hydrogen (secondary N) is 2. The van der Waals surface area contributed by atoms with Gasteiger partial charge < -0.3 is 14.8 Å². The summed E-state index contributed by atoms with van der Waals surface area (Å²) >= 11 is 0. The van der Waals surface area contributed by atoms with Crippen molar-refractivity contribution in [1.82, 2.24) is 10.0 Å². The Labute approximate surface area is 104 Å². The average molecular weight is 268 g/mol. The van der Waals surface area contributed by atoms with Crippen LogP contribution in [0.2, 0.25) is 0 Å². The zero-order valence-electron chi connectivity index (χ0n) is 11.1. The molecule has 0 aromatic carbocycles. The standard InChI is InChI=1S/C10H24N2O4S/c1-10(2,12-17(4,13)14)9-11-5-6-16-8-7-15-3/h11-12H,5-9H2,1-4H3. The Morgan fingerprint density at radius 1 is 1.18 bits per heavy atom. The van der Waals surface area contributed by atoms with Gasteiger partial charge in [-0.3, -0.25) is 0 Å². The molecule has 7 heteroatoms. The van der Waals surface area contributed by atoms with Gasteiger partial charge in [-0.15, -0.1) is 0 Å². The van der Waals surface area contributed by atoms with Crippen LogP contribution < -0.4 is 10.0 Å². The molecule has 17 heavy (non-hydrogen) atoms. The van der Waals surface area contributed by atoms with Crippen LogP contribution in [0.3, 0.4) is 0 Å². The molecule has 0 amide bonds. The molecule has 0 saturated heterocycles. The highest BCUT2D eigenvalue weighted by Crippen LogP contribution is 2.01. The number of methoxy groups -OCH3 is 1. The monoisotopic (exact) mass is 268 g/mol. The fraction of sp³-hybridized carbons (Fsp3) is 1.00. The molecule has 0 radical (unpaired) electrons. The fourth-order valence-electron chi connectivity index (χ4n) is 1.33. The molecule has 0 fully saturated rings. The van der Waals surface area contributed by atoms with Crippen LogP contribution in [0.1, 0.15) is 13.8 Å². The molecule has 0 bridgehead atoms. The van der Waals surface area contributed by atoms with E-state index in [2.05, 4.69) is 10.0 Å². The van der Waals surface area contributed by atoms with Gasteiger partial charge in [0.2, 0.25) is 10.0 Å². The first-order valence-electron chi connectivity index (χ1n) is 5.53. The Morgan fingerprint density at radius 2 is 1.82 bits per heavy atom. The molecule has 0 rings (SSSR count). The molecule has 104 valence electrons. The minimum Gasteiger partial charge on any atom is -0.382 e. The average Bonchev–Trinajstić information content (AvgIpc) is 2.12. The smallest absolute Gasteiger partial charge is 0.209 e. The summed E-state index contributed by atoms with van der Waals surface area (Å²) in [4.78, 5) is 0. The maximum Gasteiger partial charge on any atom is 0.209 e. The van der Waals surface area contributed by atoms with Gasteiger partial charge in [-0.2, -0.15) is 0 Å². The van der Waals surface area contributed by atoms with Crippen molar-refractivity contribution in [1.29, 1.82) is 0 Å². The number of ether oxygens (including phenoxy) is 2. The van der Waals surface area contributed by atoms with Gasteiger partial charge in [0.15, 0.2) is 0 Å². The van der Waals surface area contributed by atoms with Gasteiger partial charge >= 0.3 is 0 Å². The van der Waals surface area contributed by atoms with Crippen molar-refractivity contribution >= 4 is 10.0 Å². The predicted molar refractivity (Wildman–Crippen MR) is 67.6 cm³/mol. The molecule has 0 spiro atoms. The van der Waals surface area contributed by atoms with Crippen molar-refractivity contribution in [3.8, 4) is 0 Å². The van der Waals surface area contributed by atoms with Crippen LogP contribution in [0.15, 0.2) is 0 Å². The summed E-state index contributed by atoms with van der Waals surface area (Å²) in [5, 5.41) is 3.13. The molecule has 0 aliphatic carbocycles. The second-order valence-corrected chi connectivity index (χ2v) is 6.29. The Bertz CT molecular complexity index is 291. The van der Waals surface area contributed by atoms with Gasteiger partial charge in [0.1, 0.15) is 0 Å². The highest BCUT2D eigenvalue weighted by Gasteiger charge is 2.21. The summed E-state index contributed by atoms with van der Waals surface area (Å²) in [6.07, 6.45) is 1.16. The van der Waals surface area contributed by atoms with Gasteiger partial charge in [0, 0.05) is 25.7 Å². The third-order valence-corrected chi connectivity index (χ3v) is 2.81. The minimum atomic E-state index is -3.17. The molecule has 0 aliphatic rings. The minimum absolute atomic E-state index is 0.500. The van der Waals surface area contributed by atoms with Gasteiger partial charge in [-0.25, -0.2) is 13.1 Å². The van der Waals surface area contributed by atoms with E-state index in [-0.39, 0.29) is 0 Å². The van der Waals surface area contributed by atoms with E-state index in [1.165, 1.54) is 0 Å². The normalized spacial score (nSPS) is 12.9.